The Bertz CT molecular complexity index is 232. The molecule has 1 atom stereocenters. The summed E-state index contributed by atoms with van der Waals surface area (Å²) in [6.45, 7) is 2.83. The number of thioether (sulfide) groups is 1. The lowest BCUT2D eigenvalue weighted by Crippen LogP contribution is -2.45. The maximum atomic E-state index is 11.6. The summed E-state index contributed by atoms with van der Waals surface area (Å²) in [6.07, 6.45) is 5.02. The molecule has 1 fully saturated rings. The summed E-state index contributed by atoms with van der Waals surface area (Å²) in [5.41, 5.74) is -0.0153. The maximum absolute atomic E-state index is 11.6. The number of hydrogen-bond donors (Lipinski definition) is 3. The van der Waals surface area contributed by atoms with Crippen molar-refractivity contribution in [1.82, 2.24) is 10.6 Å². The van der Waals surface area contributed by atoms with E-state index in [4.69, 9.17) is 5.11 Å². The third kappa shape index (κ3) is 4.22. The molecule has 4 nitrogen and oxygen atoms in total. The normalized spacial score (nSPS) is 18.9. The van der Waals surface area contributed by atoms with Gasteiger partial charge in [-0.3, -0.25) is 0 Å². The molecular weight excluding hydrogens is 224 g/mol. The second-order valence-corrected chi connectivity index (χ2v) is 5.46. The molecule has 1 aliphatic rings. The van der Waals surface area contributed by atoms with Crippen LogP contribution in [-0.2, 0) is 0 Å². The van der Waals surface area contributed by atoms with Crippen LogP contribution in [0.25, 0.3) is 0 Å². The predicted molar refractivity (Wildman–Crippen MR) is 67.7 cm³/mol. The molecule has 0 bridgehead atoms. The van der Waals surface area contributed by atoms with Crippen LogP contribution in [0.3, 0.4) is 0 Å². The van der Waals surface area contributed by atoms with Crippen LogP contribution < -0.4 is 10.6 Å². The van der Waals surface area contributed by atoms with E-state index >= 15 is 0 Å². The zero-order chi connectivity index (χ0) is 12.0. The lowest BCUT2D eigenvalue weighted by molar-refractivity contribution is 0.202. The molecular formula is C11H22N2O2S. The molecule has 1 saturated carbocycles. The number of nitrogens with one attached hydrogen (secondary N) is 2. The minimum absolute atomic E-state index is 0.0153. The lowest BCUT2D eigenvalue weighted by Gasteiger charge is -2.18. The van der Waals surface area contributed by atoms with Gasteiger partial charge in [-0.05, 0) is 25.5 Å². The van der Waals surface area contributed by atoms with Crippen molar-refractivity contribution in [2.75, 3.05) is 25.2 Å². The first-order valence-corrected chi connectivity index (χ1v) is 7.19. The van der Waals surface area contributed by atoms with Crippen molar-refractivity contribution in [3.63, 3.8) is 0 Å². The monoisotopic (exact) mass is 246 g/mol. The van der Waals surface area contributed by atoms with Gasteiger partial charge >= 0.3 is 6.03 Å². The van der Waals surface area contributed by atoms with Crippen LogP contribution >= 0.6 is 11.8 Å². The van der Waals surface area contributed by atoms with Gasteiger partial charge in [0.25, 0.3) is 0 Å². The van der Waals surface area contributed by atoms with Gasteiger partial charge in [-0.15, -0.1) is 0 Å². The molecule has 0 aromatic carbocycles. The van der Waals surface area contributed by atoms with Gasteiger partial charge in [0.05, 0.1) is 6.61 Å². The largest absolute Gasteiger partial charge is 0.396 e. The summed E-state index contributed by atoms with van der Waals surface area (Å²) < 4.78 is 0. The second kappa shape index (κ2) is 6.35. The SMILES string of the molecule is CCC(CSC)NC(=O)NCC1(CO)CC1. The van der Waals surface area contributed by atoms with Crippen LogP contribution in [0, 0.1) is 5.41 Å². The zero-order valence-corrected chi connectivity index (χ0v) is 10.9. The van der Waals surface area contributed by atoms with E-state index in [2.05, 4.69) is 17.6 Å². The van der Waals surface area contributed by atoms with E-state index in [-0.39, 0.29) is 24.1 Å². The van der Waals surface area contributed by atoms with Crippen molar-refractivity contribution in [3.05, 3.63) is 0 Å². The molecule has 0 saturated heterocycles. The smallest absolute Gasteiger partial charge is 0.315 e. The van der Waals surface area contributed by atoms with Crippen LogP contribution in [0.4, 0.5) is 4.79 Å². The fourth-order valence-electron chi connectivity index (χ4n) is 1.53. The van der Waals surface area contributed by atoms with E-state index < -0.39 is 0 Å². The highest BCUT2D eigenvalue weighted by atomic mass is 32.2. The Morgan fingerprint density at radius 1 is 1.56 bits per heavy atom. The molecule has 1 rings (SSSR count). The summed E-state index contributed by atoms with van der Waals surface area (Å²) in [4.78, 5) is 11.6. The Morgan fingerprint density at radius 3 is 2.69 bits per heavy atom. The van der Waals surface area contributed by atoms with Gasteiger partial charge in [0, 0.05) is 23.8 Å². The Labute approximate surface area is 102 Å². The van der Waals surface area contributed by atoms with Crippen molar-refractivity contribution in [2.45, 2.75) is 32.2 Å². The van der Waals surface area contributed by atoms with Crippen LogP contribution in [0.15, 0.2) is 0 Å². The summed E-state index contributed by atoms with van der Waals surface area (Å²) in [5, 5.41) is 14.9. The minimum Gasteiger partial charge on any atom is -0.396 e. The minimum atomic E-state index is -0.111. The van der Waals surface area contributed by atoms with Gasteiger partial charge in [0.2, 0.25) is 0 Å². The highest BCUT2D eigenvalue weighted by Crippen LogP contribution is 2.44. The molecule has 1 unspecified atom stereocenters. The number of urea groups is 1. The van der Waals surface area contributed by atoms with E-state index in [0.29, 0.717) is 6.54 Å². The Hall–Kier alpha value is -0.420. The first-order valence-electron chi connectivity index (χ1n) is 5.80. The first kappa shape index (κ1) is 13.6. The molecule has 0 aromatic rings. The number of aliphatic hydroxyl groups excluding tert-OH is 1. The molecule has 1 aliphatic carbocycles. The molecule has 0 aromatic heterocycles. The highest BCUT2D eigenvalue weighted by molar-refractivity contribution is 7.98. The van der Waals surface area contributed by atoms with Crippen molar-refractivity contribution < 1.29 is 9.90 Å². The number of amides is 2. The van der Waals surface area contributed by atoms with E-state index in [9.17, 15) is 4.79 Å². The highest BCUT2D eigenvalue weighted by Gasteiger charge is 2.42. The Balaban J connectivity index is 2.19. The molecule has 0 heterocycles. The molecule has 94 valence electrons. The molecule has 3 N–H and O–H groups in total. The average Bonchev–Trinajstić information content (AvgIpc) is 3.06. The summed E-state index contributed by atoms with van der Waals surface area (Å²) in [5.74, 6) is 0.940. The van der Waals surface area contributed by atoms with Gasteiger partial charge < -0.3 is 15.7 Å². The number of rotatable bonds is 7. The molecule has 0 spiro atoms. The fourth-order valence-corrected chi connectivity index (χ4v) is 2.26. The molecule has 0 aliphatic heterocycles. The zero-order valence-electron chi connectivity index (χ0n) is 10.1. The third-order valence-corrected chi connectivity index (χ3v) is 3.85. The van der Waals surface area contributed by atoms with Gasteiger partial charge in [-0.25, -0.2) is 4.79 Å². The number of carbonyl (C=O) groups is 1. The van der Waals surface area contributed by atoms with Gasteiger partial charge in [-0.1, -0.05) is 6.92 Å². The van der Waals surface area contributed by atoms with Crippen LogP contribution in [0.2, 0.25) is 0 Å². The maximum Gasteiger partial charge on any atom is 0.315 e. The molecule has 16 heavy (non-hydrogen) atoms. The van der Waals surface area contributed by atoms with Crippen LogP contribution in [0.1, 0.15) is 26.2 Å². The van der Waals surface area contributed by atoms with Gasteiger partial charge in [0.1, 0.15) is 0 Å². The molecule has 5 heteroatoms. The van der Waals surface area contributed by atoms with E-state index in [0.717, 1.165) is 25.0 Å². The standard InChI is InChI=1S/C11H22N2O2S/c1-3-9(6-16-2)13-10(15)12-7-11(8-14)4-5-11/h9,14H,3-8H2,1-2H3,(H2,12,13,15). The van der Waals surface area contributed by atoms with E-state index in [1.807, 2.05) is 6.26 Å². The lowest BCUT2D eigenvalue weighted by atomic mass is 10.1. The molecule has 0 radical (unpaired) electrons. The fraction of sp³-hybridized carbons (Fsp3) is 0.909. The van der Waals surface area contributed by atoms with Crippen molar-refractivity contribution in [3.8, 4) is 0 Å². The predicted octanol–water partition coefficient (Wildman–Crippen LogP) is 1.20. The number of aliphatic hydroxyl groups is 1. The van der Waals surface area contributed by atoms with Crippen molar-refractivity contribution >= 4 is 17.8 Å². The van der Waals surface area contributed by atoms with Crippen LogP contribution in [0.5, 0.6) is 0 Å². The Kier molecular flexibility index (Phi) is 5.41. The quantitative estimate of drug-likeness (QED) is 0.632. The Morgan fingerprint density at radius 2 is 2.25 bits per heavy atom. The summed E-state index contributed by atoms with van der Waals surface area (Å²) in [7, 11) is 0. The van der Waals surface area contributed by atoms with Crippen LogP contribution in [-0.4, -0.2) is 42.3 Å². The van der Waals surface area contributed by atoms with Crippen molar-refractivity contribution in [1.29, 1.82) is 0 Å². The summed E-state index contributed by atoms with van der Waals surface area (Å²) >= 11 is 1.73. The second-order valence-electron chi connectivity index (χ2n) is 4.55. The summed E-state index contributed by atoms with van der Waals surface area (Å²) in [6, 6.07) is 0.125. The van der Waals surface area contributed by atoms with Gasteiger partial charge in [0.15, 0.2) is 0 Å². The third-order valence-electron chi connectivity index (χ3n) is 3.11. The van der Waals surface area contributed by atoms with Gasteiger partial charge in [-0.2, -0.15) is 11.8 Å². The molecule has 2 amide bonds. The van der Waals surface area contributed by atoms with Crippen molar-refractivity contribution in [2.24, 2.45) is 5.41 Å². The average molecular weight is 246 g/mol. The van der Waals surface area contributed by atoms with E-state index in [1.54, 1.807) is 11.8 Å². The van der Waals surface area contributed by atoms with E-state index in [1.165, 1.54) is 0 Å². The number of carbonyl (C=O) groups excluding carboxylic acids is 1. The topological polar surface area (TPSA) is 61.4 Å². The first-order chi connectivity index (χ1) is 7.65. The number of hydrogen-bond acceptors (Lipinski definition) is 3.